The lowest BCUT2D eigenvalue weighted by atomic mass is 10.2. The molecule has 0 radical (unpaired) electrons. The van der Waals surface area contributed by atoms with Crippen molar-refractivity contribution in [2.24, 2.45) is 5.73 Å². The minimum absolute atomic E-state index is 0.243. The molecule has 12 heavy (non-hydrogen) atoms. The number of carbonyl (C=O) groups excluding carboxylic acids is 1. The maximum atomic E-state index is 10.5. The lowest BCUT2D eigenvalue weighted by Gasteiger charge is -2.04. The molecule has 0 aromatic heterocycles. The Morgan fingerprint density at radius 1 is 1.58 bits per heavy atom. The van der Waals surface area contributed by atoms with Gasteiger partial charge in [0, 0.05) is 5.57 Å². The summed E-state index contributed by atoms with van der Waals surface area (Å²) in [7, 11) is 0. The summed E-state index contributed by atoms with van der Waals surface area (Å²) in [5.74, 6) is -0.362. The Morgan fingerprint density at radius 2 is 2.17 bits per heavy atom. The first-order chi connectivity index (χ1) is 5.54. The summed E-state index contributed by atoms with van der Waals surface area (Å²) in [5.41, 5.74) is 5.63. The van der Waals surface area contributed by atoms with Crippen molar-refractivity contribution in [3.8, 4) is 0 Å². The highest BCUT2D eigenvalue weighted by atomic mass is 16.5. The van der Waals surface area contributed by atoms with Gasteiger partial charge in [0.2, 0.25) is 5.91 Å². The lowest BCUT2D eigenvalue weighted by Crippen LogP contribution is -2.12. The van der Waals surface area contributed by atoms with Crippen molar-refractivity contribution in [2.75, 3.05) is 6.61 Å². The Morgan fingerprint density at radius 3 is 2.58 bits per heavy atom. The third kappa shape index (κ3) is 5.92. The van der Waals surface area contributed by atoms with Gasteiger partial charge in [-0.1, -0.05) is 6.08 Å². The topological polar surface area (TPSA) is 52.3 Å². The molecule has 0 fully saturated rings. The summed E-state index contributed by atoms with van der Waals surface area (Å²) < 4.78 is 5.28. The Labute approximate surface area is 73.6 Å². The molecule has 0 saturated heterocycles. The number of hydrogen-bond acceptors (Lipinski definition) is 2. The van der Waals surface area contributed by atoms with Crippen LogP contribution in [0.5, 0.6) is 0 Å². The van der Waals surface area contributed by atoms with E-state index in [9.17, 15) is 4.79 Å². The van der Waals surface area contributed by atoms with E-state index in [1.54, 1.807) is 13.0 Å². The molecule has 70 valence electrons. The molecule has 2 N–H and O–H groups in total. The van der Waals surface area contributed by atoms with E-state index >= 15 is 0 Å². The third-order valence-corrected chi connectivity index (χ3v) is 1.41. The molecule has 1 amide bonds. The first kappa shape index (κ1) is 11.2. The summed E-state index contributed by atoms with van der Waals surface area (Å²) in [6.45, 7) is 6.30. The number of hydrogen-bond donors (Lipinski definition) is 1. The highest BCUT2D eigenvalue weighted by Crippen LogP contribution is 1.96. The normalized spacial score (nSPS) is 12.2. The second-order valence-corrected chi connectivity index (χ2v) is 2.96. The minimum atomic E-state index is -0.362. The minimum Gasteiger partial charge on any atom is -0.378 e. The molecule has 3 nitrogen and oxygen atoms in total. The van der Waals surface area contributed by atoms with Gasteiger partial charge in [0.05, 0.1) is 12.7 Å². The summed E-state index contributed by atoms with van der Waals surface area (Å²) in [5, 5.41) is 0. The monoisotopic (exact) mass is 171 g/mol. The molecule has 0 aliphatic carbocycles. The fourth-order valence-electron chi connectivity index (χ4n) is 0.680. The van der Waals surface area contributed by atoms with Gasteiger partial charge in [-0.2, -0.15) is 0 Å². The van der Waals surface area contributed by atoms with Crippen LogP contribution in [-0.2, 0) is 9.53 Å². The molecule has 3 heteroatoms. The molecule has 0 aromatic carbocycles. The van der Waals surface area contributed by atoms with Crippen molar-refractivity contribution in [1.29, 1.82) is 0 Å². The molecule has 0 bridgehead atoms. The maximum absolute atomic E-state index is 10.5. The number of ether oxygens (including phenoxy) is 1. The standard InChI is InChI=1S/C9H17NO2/c1-7(2)12-6-4-5-8(3)9(10)11/h5,7H,4,6H2,1-3H3,(H2,10,11). The molecule has 0 spiro atoms. The van der Waals surface area contributed by atoms with Crippen LogP contribution in [0.1, 0.15) is 27.2 Å². The maximum Gasteiger partial charge on any atom is 0.244 e. The zero-order valence-electron chi connectivity index (χ0n) is 7.96. The van der Waals surface area contributed by atoms with Gasteiger partial charge in [0.1, 0.15) is 0 Å². The van der Waals surface area contributed by atoms with Crippen LogP contribution in [0, 0.1) is 0 Å². The zero-order valence-corrected chi connectivity index (χ0v) is 7.96. The molecular formula is C9H17NO2. The average molecular weight is 171 g/mol. The molecule has 0 aliphatic heterocycles. The van der Waals surface area contributed by atoms with Gasteiger partial charge in [-0.25, -0.2) is 0 Å². The van der Waals surface area contributed by atoms with Gasteiger partial charge < -0.3 is 10.5 Å². The fraction of sp³-hybridized carbons (Fsp3) is 0.667. The van der Waals surface area contributed by atoms with Crippen molar-refractivity contribution >= 4 is 5.91 Å². The second kappa shape index (κ2) is 5.77. The van der Waals surface area contributed by atoms with Gasteiger partial charge in [-0.05, 0) is 27.2 Å². The van der Waals surface area contributed by atoms with E-state index < -0.39 is 0 Å². The second-order valence-electron chi connectivity index (χ2n) is 2.96. The predicted octanol–water partition coefficient (Wildman–Crippen LogP) is 1.23. The number of nitrogens with two attached hydrogens (primary N) is 1. The van der Waals surface area contributed by atoms with Crippen molar-refractivity contribution in [1.82, 2.24) is 0 Å². The van der Waals surface area contributed by atoms with Crippen LogP contribution < -0.4 is 5.73 Å². The molecule has 0 saturated carbocycles. The van der Waals surface area contributed by atoms with Crippen LogP contribution in [-0.4, -0.2) is 18.6 Å². The largest absolute Gasteiger partial charge is 0.378 e. The van der Waals surface area contributed by atoms with Gasteiger partial charge in [0.25, 0.3) is 0 Å². The Hall–Kier alpha value is -0.830. The highest BCUT2D eigenvalue weighted by molar-refractivity contribution is 5.91. The predicted molar refractivity (Wildman–Crippen MR) is 48.7 cm³/mol. The van der Waals surface area contributed by atoms with Crippen LogP contribution in [0.2, 0.25) is 0 Å². The van der Waals surface area contributed by atoms with E-state index in [4.69, 9.17) is 10.5 Å². The molecule has 0 heterocycles. The summed E-state index contributed by atoms with van der Waals surface area (Å²) in [6, 6.07) is 0. The smallest absolute Gasteiger partial charge is 0.244 e. The molecule has 0 aliphatic rings. The number of amides is 1. The molecule has 0 aromatic rings. The molecule has 0 rings (SSSR count). The van der Waals surface area contributed by atoms with Crippen molar-refractivity contribution in [3.63, 3.8) is 0 Å². The summed E-state index contributed by atoms with van der Waals surface area (Å²) in [4.78, 5) is 10.5. The van der Waals surface area contributed by atoms with Crippen LogP contribution >= 0.6 is 0 Å². The fourth-order valence-corrected chi connectivity index (χ4v) is 0.680. The first-order valence-electron chi connectivity index (χ1n) is 4.12. The van der Waals surface area contributed by atoms with Gasteiger partial charge >= 0.3 is 0 Å². The van der Waals surface area contributed by atoms with E-state index in [1.165, 1.54) is 0 Å². The van der Waals surface area contributed by atoms with Crippen LogP contribution in [0.4, 0.5) is 0 Å². The van der Waals surface area contributed by atoms with Gasteiger partial charge in [-0.15, -0.1) is 0 Å². The van der Waals surface area contributed by atoms with E-state index in [1.807, 2.05) is 13.8 Å². The van der Waals surface area contributed by atoms with Crippen LogP contribution in [0.3, 0.4) is 0 Å². The zero-order chi connectivity index (χ0) is 9.56. The number of rotatable bonds is 5. The number of primary amides is 1. The Balaban J connectivity index is 3.54. The quantitative estimate of drug-likeness (QED) is 0.499. The van der Waals surface area contributed by atoms with E-state index in [0.717, 1.165) is 6.42 Å². The third-order valence-electron chi connectivity index (χ3n) is 1.41. The van der Waals surface area contributed by atoms with E-state index in [2.05, 4.69) is 0 Å². The SMILES string of the molecule is CC(=CCCOC(C)C)C(N)=O. The highest BCUT2D eigenvalue weighted by Gasteiger charge is 1.96. The van der Waals surface area contributed by atoms with Crippen LogP contribution in [0.25, 0.3) is 0 Å². The van der Waals surface area contributed by atoms with Crippen LogP contribution in [0.15, 0.2) is 11.6 Å². The van der Waals surface area contributed by atoms with E-state index in [-0.39, 0.29) is 12.0 Å². The first-order valence-corrected chi connectivity index (χ1v) is 4.12. The Bertz CT molecular complexity index is 173. The summed E-state index contributed by atoms with van der Waals surface area (Å²) >= 11 is 0. The van der Waals surface area contributed by atoms with E-state index in [0.29, 0.717) is 12.2 Å². The summed E-state index contributed by atoms with van der Waals surface area (Å²) in [6.07, 6.45) is 2.78. The molecule has 0 atom stereocenters. The van der Waals surface area contributed by atoms with Gasteiger partial charge in [-0.3, -0.25) is 4.79 Å². The van der Waals surface area contributed by atoms with Crippen molar-refractivity contribution in [3.05, 3.63) is 11.6 Å². The lowest BCUT2D eigenvalue weighted by molar-refractivity contribution is -0.114. The van der Waals surface area contributed by atoms with Crippen molar-refractivity contribution < 1.29 is 9.53 Å². The van der Waals surface area contributed by atoms with Crippen molar-refractivity contribution in [2.45, 2.75) is 33.3 Å². The number of carbonyl (C=O) groups is 1. The Kier molecular flexibility index (Phi) is 5.37. The molecular weight excluding hydrogens is 154 g/mol. The van der Waals surface area contributed by atoms with Gasteiger partial charge in [0.15, 0.2) is 0 Å². The average Bonchev–Trinajstić information content (AvgIpc) is 1.97. The molecule has 0 unspecified atom stereocenters.